The second kappa shape index (κ2) is 6.29. The molecule has 2 aromatic carbocycles. The van der Waals surface area contributed by atoms with Gasteiger partial charge in [0, 0.05) is 10.6 Å². The summed E-state index contributed by atoms with van der Waals surface area (Å²) in [6, 6.07) is 14.4. The zero-order valence-corrected chi connectivity index (χ0v) is 11.3. The van der Waals surface area contributed by atoms with E-state index in [1.165, 1.54) is 7.11 Å². The largest absolute Gasteiger partial charge is 0.508 e. The standard InChI is InChI=1S/C15H14O3S/c1-18-15(17)12-4-2-3-11(9-12)10-19-14-7-5-13(16)6-8-14/h2-9,16H,10H2,1H3. The molecule has 4 heteroatoms. The summed E-state index contributed by atoms with van der Waals surface area (Å²) < 4.78 is 4.69. The maximum Gasteiger partial charge on any atom is 0.337 e. The third-order valence-electron chi connectivity index (χ3n) is 2.59. The van der Waals surface area contributed by atoms with Crippen molar-refractivity contribution in [2.75, 3.05) is 7.11 Å². The van der Waals surface area contributed by atoms with Gasteiger partial charge in [-0.3, -0.25) is 0 Å². The lowest BCUT2D eigenvalue weighted by Gasteiger charge is -2.04. The van der Waals surface area contributed by atoms with Crippen molar-refractivity contribution in [3.63, 3.8) is 0 Å². The molecule has 0 unspecified atom stereocenters. The zero-order valence-electron chi connectivity index (χ0n) is 10.5. The van der Waals surface area contributed by atoms with E-state index in [0.717, 1.165) is 16.2 Å². The first-order chi connectivity index (χ1) is 9.19. The third kappa shape index (κ3) is 3.76. The van der Waals surface area contributed by atoms with Gasteiger partial charge in [-0.15, -0.1) is 11.8 Å². The minimum atomic E-state index is -0.323. The molecular formula is C15H14O3S. The lowest BCUT2D eigenvalue weighted by molar-refractivity contribution is 0.0600. The van der Waals surface area contributed by atoms with Gasteiger partial charge in [0.25, 0.3) is 0 Å². The highest BCUT2D eigenvalue weighted by Gasteiger charge is 2.05. The number of phenols is 1. The van der Waals surface area contributed by atoms with Gasteiger partial charge in [0.05, 0.1) is 12.7 Å². The number of methoxy groups -OCH3 is 1. The minimum absolute atomic E-state index is 0.261. The van der Waals surface area contributed by atoms with E-state index in [2.05, 4.69) is 0 Å². The van der Waals surface area contributed by atoms with Crippen LogP contribution < -0.4 is 0 Å². The Balaban J connectivity index is 2.03. The molecule has 1 N–H and O–H groups in total. The fraction of sp³-hybridized carbons (Fsp3) is 0.133. The molecule has 0 aliphatic rings. The number of hydrogen-bond acceptors (Lipinski definition) is 4. The number of hydrogen-bond donors (Lipinski definition) is 1. The molecule has 0 atom stereocenters. The molecule has 19 heavy (non-hydrogen) atoms. The molecule has 0 saturated heterocycles. The molecule has 3 nitrogen and oxygen atoms in total. The van der Waals surface area contributed by atoms with E-state index in [1.54, 1.807) is 30.0 Å². The number of benzene rings is 2. The van der Waals surface area contributed by atoms with Crippen LogP contribution in [0.4, 0.5) is 0 Å². The first-order valence-electron chi connectivity index (χ1n) is 5.78. The van der Waals surface area contributed by atoms with Crippen LogP contribution >= 0.6 is 11.8 Å². The van der Waals surface area contributed by atoms with Crippen molar-refractivity contribution in [2.45, 2.75) is 10.6 Å². The van der Waals surface area contributed by atoms with Crippen molar-refractivity contribution in [1.82, 2.24) is 0 Å². The molecule has 0 saturated carbocycles. The van der Waals surface area contributed by atoms with Gasteiger partial charge in [0.2, 0.25) is 0 Å². The van der Waals surface area contributed by atoms with Crippen molar-refractivity contribution < 1.29 is 14.6 Å². The quantitative estimate of drug-likeness (QED) is 0.685. The molecule has 0 amide bonds. The first kappa shape index (κ1) is 13.5. The maximum absolute atomic E-state index is 11.4. The van der Waals surface area contributed by atoms with Crippen LogP contribution in [0.2, 0.25) is 0 Å². The minimum Gasteiger partial charge on any atom is -0.508 e. The molecule has 0 aliphatic carbocycles. The number of esters is 1. The van der Waals surface area contributed by atoms with Crippen LogP contribution in [-0.4, -0.2) is 18.2 Å². The van der Waals surface area contributed by atoms with Crippen LogP contribution in [-0.2, 0) is 10.5 Å². The lowest BCUT2D eigenvalue weighted by Crippen LogP contribution is -2.01. The Morgan fingerprint density at radius 1 is 1.21 bits per heavy atom. The van der Waals surface area contributed by atoms with Crippen molar-refractivity contribution in [3.05, 3.63) is 59.7 Å². The van der Waals surface area contributed by atoms with Crippen molar-refractivity contribution in [2.24, 2.45) is 0 Å². The Labute approximate surface area is 116 Å². The topological polar surface area (TPSA) is 46.5 Å². The average molecular weight is 274 g/mol. The van der Waals surface area contributed by atoms with Crippen molar-refractivity contribution in [3.8, 4) is 5.75 Å². The molecule has 0 aliphatic heterocycles. The van der Waals surface area contributed by atoms with E-state index in [0.29, 0.717) is 5.56 Å². The molecular weight excluding hydrogens is 260 g/mol. The average Bonchev–Trinajstić information content (AvgIpc) is 2.46. The van der Waals surface area contributed by atoms with Gasteiger partial charge < -0.3 is 9.84 Å². The van der Waals surface area contributed by atoms with Gasteiger partial charge in [-0.2, -0.15) is 0 Å². The van der Waals surface area contributed by atoms with Gasteiger partial charge in [0.15, 0.2) is 0 Å². The Bertz CT molecular complexity index is 564. The van der Waals surface area contributed by atoms with Crippen molar-refractivity contribution >= 4 is 17.7 Å². The van der Waals surface area contributed by atoms with Crippen LogP contribution in [0.1, 0.15) is 15.9 Å². The summed E-state index contributed by atoms with van der Waals surface area (Å²) >= 11 is 1.65. The highest BCUT2D eigenvalue weighted by molar-refractivity contribution is 7.98. The number of carbonyl (C=O) groups excluding carboxylic acids is 1. The molecule has 98 valence electrons. The Kier molecular flexibility index (Phi) is 4.47. The molecule has 0 heterocycles. The van der Waals surface area contributed by atoms with E-state index in [1.807, 2.05) is 30.3 Å². The van der Waals surface area contributed by atoms with E-state index < -0.39 is 0 Å². The van der Waals surface area contributed by atoms with E-state index in [9.17, 15) is 9.90 Å². The normalized spacial score (nSPS) is 10.2. The monoisotopic (exact) mass is 274 g/mol. The third-order valence-corrected chi connectivity index (χ3v) is 3.67. The molecule has 0 spiro atoms. The summed E-state index contributed by atoms with van der Waals surface area (Å²) in [7, 11) is 1.38. The second-order valence-corrected chi connectivity index (χ2v) is 5.02. The van der Waals surface area contributed by atoms with Crippen LogP contribution in [0, 0.1) is 0 Å². The first-order valence-corrected chi connectivity index (χ1v) is 6.76. The number of aromatic hydroxyl groups is 1. The summed E-state index contributed by atoms with van der Waals surface area (Å²) in [5.41, 5.74) is 1.62. The SMILES string of the molecule is COC(=O)c1cccc(CSc2ccc(O)cc2)c1. The van der Waals surface area contributed by atoms with Gasteiger partial charge in [-0.1, -0.05) is 12.1 Å². The summed E-state index contributed by atoms with van der Waals surface area (Å²) in [5.74, 6) is 0.698. The van der Waals surface area contributed by atoms with E-state index >= 15 is 0 Å². The summed E-state index contributed by atoms with van der Waals surface area (Å²) in [6.45, 7) is 0. The van der Waals surface area contributed by atoms with E-state index in [-0.39, 0.29) is 11.7 Å². The predicted octanol–water partition coefficient (Wildman–Crippen LogP) is 3.47. The van der Waals surface area contributed by atoms with Gasteiger partial charge >= 0.3 is 5.97 Å². The van der Waals surface area contributed by atoms with Gasteiger partial charge in [-0.05, 0) is 42.0 Å². The fourth-order valence-corrected chi connectivity index (χ4v) is 2.46. The number of ether oxygens (including phenoxy) is 1. The zero-order chi connectivity index (χ0) is 13.7. The molecule has 0 fully saturated rings. The smallest absolute Gasteiger partial charge is 0.337 e. The van der Waals surface area contributed by atoms with Crippen LogP contribution in [0.5, 0.6) is 5.75 Å². The molecule has 2 aromatic rings. The van der Waals surface area contributed by atoms with Crippen molar-refractivity contribution in [1.29, 1.82) is 0 Å². The van der Waals surface area contributed by atoms with Crippen LogP contribution in [0.3, 0.4) is 0 Å². The molecule has 2 rings (SSSR count). The molecule has 0 aromatic heterocycles. The highest BCUT2D eigenvalue weighted by Crippen LogP contribution is 2.24. The number of phenolic OH excluding ortho intramolecular Hbond substituents is 1. The number of rotatable bonds is 4. The van der Waals surface area contributed by atoms with Crippen LogP contribution in [0.15, 0.2) is 53.4 Å². The van der Waals surface area contributed by atoms with Gasteiger partial charge in [-0.25, -0.2) is 4.79 Å². The predicted molar refractivity (Wildman–Crippen MR) is 75.4 cm³/mol. The summed E-state index contributed by atoms with van der Waals surface area (Å²) in [5, 5.41) is 9.21. The van der Waals surface area contributed by atoms with Gasteiger partial charge in [0.1, 0.15) is 5.75 Å². The number of carbonyl (C=O) groups is 1. The summed E-state index contributed by atoms with van der Waals surface area (Å²) in [4.78, 5) is 12.5. The Morgan fingerprint density at radius 3 is 2.63 bits per heavy atom. The number of thioether (sulfide) groups is 1. The van der Waals surface area contributed by atoms with E-state index in [4.69, 9.17) is 4.74 Å². The molecule has 0 radical (unpaired) electrons. The Hall–Kier alpha value is -1.94. The summed E-state index contributed by atoms with van der Waals surface area (Å²) in [6.07, 6.45) is 0. The lowest BCUT2D eigenvalue weighted by atomic mass is 10.1. The maximum atomic E-state index is 11.4. The highest BCUT2D eigenvalue weighted by atomic mass is 32.2. The fourth-order valence-electron chi connectivity index (χ4n) is 1.61. The Morgan fingerprint density at radius 2 is 1.95 bits per heavy atom. The second-order valence-electron chi connectivity index (χ2n) is 3.97. The van der Waals surface area contributed by atoms with Crippen LogP contribution in [0.25, 0.3) is 0 Å². The molecule has 0 bridgehead atoms.